The average molecular weight is 292 g/mol. The number of rotatable bonds is 4. The van der Waals surface area contributed by atoms with E-state index < -0.39 is 0 Å². The number of benzene rings is 1. The quantitative estimate of drug-likeness (QED) is 0.865. The highest BCUT2D eigenvalue weighted by atomic mass is 79.9. The molecule has 17 heavy (non-hydrogen) atoms. The van der Waals surface area contributed by atoms with Crippen molar-refractivity contribution in [1.29, 1.82) is 0 Å². The molecule has 1 aromatic carbocycles. The molecule has 0 aliphatic heterocycles. The maximum Gasteiger partial charge on any atom is 0.148 e. The Hall–Kier alpha value is -1.24. The zero-order valence-electron chi connectivity index (χ0n) is 9.66. The summed E-state index contributed by atoms with van der Waals surface area (Å²) in [6.07, 6.45) is 6.01. The predicted octanol–water partition coefficient (Wildman–Crippen LogP) is 3.87. The molecule has 88 valence electrons. The number of fused-ring (bicyclic) bond motifs is 1. The summed E-state index contributed by atoms with van der Waals surface area (Å²) in [4.78, 5) is 0. The standard InChI is InChI=1S/C14H14BrNO/c1-3-6-12(16-4-2)13-9-10-7-5-8-11(15)14(10)17-13/h1,5,7-9,12,16H,4,6H2,2H3. The van der Waals surface area contributed by atoms with Gasteiger partial charge in [-0.1, -0.05) is 19.1 Å². The SMILES string of the molecule is C#CCC(NCC)c1cc2cccc(Br)c2o1. The van der Waals surface area contributed by atoms with Crippen LogP contribution in [0.25, 0.3) is 11.0 Å². The van der Waals surface area contributed by atoms with E-state index in [9.17, 15) is 0 Å². The Morgan fingerprint density at radius 1 is 1.53 bits per heavy atom. The summed E-state index contributed by atoms with van der Waals surface area (Å²) in [6, 6.07) is 8.13. The second kappa shape index (κ2) is 5.39. The molecular formula is C14H14BrNO. The Balaban J connectivity index is 2.41. The fraction of sp³-hybridized carbons (Fsp3) is 0.286. The normalized spacial score (nSPS) is 12.5. The minimum Gasteiger partial charge on any atom is -0.458 e. The molecule has 0 aliphatic carbocycles. The first-order valence-electron chi connectivity index (χ1n) is 5.61. The van der Waals surface area contributed by atoms with Crippen LogP contribution in [0, 0.1) is 12.3 Å². The molecule has 1 unspecified atom stereocenters. The van der Waals surface area contributed by atoms with Crippen LogP contribution in [0.2, 0.25) is 0 Å². The van der Waals surface area contributed by atoms with Gasteiger partial charge in [0.25, 0.3) is 0 Å². The van der Waals surface area contributed by atoms with E-state index in [2.05, 4.69) is 34.1 Å². The number of furan rings is 1. The maximum atomic E-state index is 5.86. The Morgan fingerprint density at radius 3 is 3.00 bits per heavy atom. The summed E-state index contributed by atoms with van der Waals surface area (Å²) in [5.74, 6) is 3.57. The molecule has 1 N–H and O–H groups in total. The van der Waals surface area contributed by atoms with Gasteiger partial charge in [-0.15, -0.1) is 12.3 Å². The highest BCUT2D eigenvalue weighted by Crippen LogP contribution is 2.30. The van der Waals surface area contributed by atoms with Crippen LogP contribution in [-0.2, 0) is 0 Å². The molecule has 1 heterocycles. The number of para-hydroxylation sites is 1. The van der Waals surface area contributed by atoms with Gasteiger partial charge in [-0.3, -0.25) is 0 Å². The molecular weight excluding hydrogens is 278 g/mol. The van der Waals surface area contributed by atoms with Gasteiger partial charge in [-0.05, 0) is 34.6 Å². The molecule has 1 aromatic heterocycles. The highest BCUT2D eigenvalue weighted by Gasteiger charge is 2.15. The van der Waals surface area contributed by atoms with Crippen molar-refractivity contribution < 1.29 is 4.42 Å². The molecule has 0 saturated carbocycles. The van der Waals surface area contributed by atoms with Crippen molar-refractivity contribution in [1.82, 2.24) is 5.32 Å². The number of halogens is 1. The molecule has 0 spiro atoms. The van der Waals surface area contributed by atoms with Gasteiger partial charge in [0, 0.05) is 11.8 Å². The average Bonchev–Trinajstić information content (AvgIpc) is 2.74. The minimum atomic E-state index is 0.0873. The lowest BCUT2D eigenvalue weighted by atomic mass is 10.1. The van der Waals surface area contributed by atoms with Crippen LogP contribution in [0.4, 0.5) is 0 Å². The molecule has 0 fully saturated rings. The van der Waals surface area contributed by atoms with Crippen LogP contribution in [0.15, 0.2) is 33.2 Å². The molecule has 0 amide bonds. The van der Waals surface area contributed by atoms with Crippen LogP contribution in [-0.4, -0.2) is 6.54 Å². The molecule has 0 radical (unpaired) electrons. The summed E-state index contributed by atoms with van der Waals surface area (Å²) >= 11 is 3.48. The fourth-order valence-corrected chi connectivity index (χ4v) is 2.32. The Morgan fingerprint density at radius 2 is 2.35 bits per heavy atom. The van der Waals surface area contributed by atoms with Gasteiger partial charge >= 0.3 is 0 Å². The third-order valence-corrected chi connectivity index (χ3v) is 3.26. The third-order valence-electron chi connectivity index (χ3n) is 2.63. The van der Waals surface area contributed by atoms with E-state index in [4.69, 9.17) is 10.8 Å². The monoisotopic (exact) mass is 291 g/mol. The van der Waals surface area contributed by atoms with Crippen LogP contribution in [0.3, 0.4) is 0 Å². The van der Waals surface area contributed by atoms with Gasteiger partial charge in [0.2, 0.25) is 0 Å². The molecule has 0 aliphatic rings. The molecule has 2 aromatic rings. The van der Waals surface area contributed by atoms with Crippen LogP contribution < -0.4 is 5.32 Å². The van der Waals surface area contributed by atoms with Gasteiger partial charge < -0.3 is 9.73 Å². The molecule has 2 nitrogen and oxygen atoms in total. The minimum absolute atomic E-state index is 0.0873. The van der Waals surface area contributed by atoms with Gasteiger partial charge in [0.05, 0.1) is 10.5 Å². The Labute approximate surface area is 110 Å². The van der Waals surface area contributed by atoms with E-state index in [0.717, 1.165) is 27.7 Å². The van der Waals surface area contributed by atoms with E-state index in [1.165, 1.54) is 0 Å². The van der Waals surface area contributed by atoms with Crippen molar-refractivity contribution in [3.63, 3.8) is 0 Å². The third kappa shape index (κ3) is 2.54. The fourth-order valence-electron chi connectivity index (χ4n) is 1.86. The van der Waals surface area contributed by atoms with Gasteiger partial charge in [-0.2, -0.15) is 0 Å². The zero-order valence-corrected chi connectivity index (χ0v) is 11.3. The lowest BCUT2D eigenvalue weighted by Gasteiger charge is -2.11. The number of terminal acetylenes is 1. The smallest absolute Gasteiger partial charge is 0.148 e. The molecule has 2 rings (SSSR count). The lowest BCUT2D eigenvalue weighted by molar-refractivity contribution is 0.442. The van der Waals surface area contributed by atoms with E-state index in [-0.39, 0.29) is 6.04 Å². The first kappa shape index (κ1) is 12.2. The van der Waals surface area contributed by atoms with Gasteiger partial charge in [0.15, 0.2) is 0 Å². The van der Waals surface area contributed by atoms with E-state index in [1.807, 2.05) is 24.3 Å². The van der Waals surface area contributed by atoms with Crippen LogP contribution >= 0.6 is 15.9 Å². The molecule has 0 saturated heterocycles. The second-order valence-electron chi connectivity index (χ2n) is 3.83. The lowest BCUT2D eigenvalue weighted by Crippen LogP contribution is -2.19. The van der Waals surface area contributed by atoms with Gasteiger partial charge in [0.1, 0.15) is 11.3 Å². The number of hydrogen-bond donors (Lipinski definition) is 1. The zero-order chi connectivity index (χ0) is 12.3. The molecule has 1 atom stereocenters. The number of nitrogens with one attached hydrogen (secondary N) is 1. The predicted molar refractivity (Wildman–Crippen MR) is 73.8 cm³/mol. The summed E-state index contributed by atoms with van der Waals surface area (Å²) in [7, 11) is 0. The van der Waals surface area contributed by atoms with Crippen molar-refractivity contribution in [2.75, 3.05) is 6.54 Å². The number of hydrogen-bond acceptors (Lipinski definition) is 2. The van der Waals surface area contributed by atoms with Crippen LogP contribution in [0.1, 0.15) is 25.1 Å². The van der Waals surface area contributed by atoms with E-state index in [1.54, 1.807) is 0 Å². The molecule has 0 bridgehead atoms. The topological polar surface area (TPSA) is 25.2 Å². The van der Waals surface area contributed by atoms with E-state index in [0.29, 0.717) is 6.42 Å². The summed E-state index contributed by atoms with van der Waals surface area (Å²) in [5.41, 5.74) is 0.877. The van der Waals surface area contributed by atoms with E-state index >= 15 is 0 Å². The summed E-state index contributed by atoms with van der Waals surface area (Å²) in [5, 5.41) is 4.42. The van der Waals surface area contributed by atoms with Crippen molar-refractivity contribution in [3.05, 3.63) is 34.5 Å². The first-order chi connectivity index (χ1) is 8.26. The second-order valence-corrected chi connectivity index (χ2v) is 4.68. The van der Waals surface area contributed by atoms with Crippen LogP contribution in [0.5, 0.6) is 0 Å². The maximum absolute atomic E-state index is 5.86. The Kier molecular flexibility index (Phi) is 3.88. The summed E-state index contributed by atoms with van der Waals surface area (Å²) < 4.78 is 6.83. The van der Waals surface area contributed by atoms with Crippen molar-refractivity contribution in [2.24, 2.45) is 0 Å². The highest BCUT2D eigenvalue weighted by molar-refractivity contribution is 9.10. The van der Waals surface area contributed by atoms with Crippen molar-refractivity contribution >= 4 is 26.9 Å². The molecule has 3 heteroatoms. The largest absolute Gasteiger partial charge is 0.458 e. The Bertz CT molecular complexity index is 553. The van der Waals surface area contributed by atoms with Crippen molar-refractivity contribution in [3.8, 4) is 12.3 Å². The van der Waals surface area contributed by atoms with Crippen molar-refractivity contribution in [2.45, 2.75) is 19.4 Å². The first-order valence-corrected chi connectivity index (χ1v) is 6.40. The summed E-state index contributed by atoms with van der Waals surface area (Å²) in [6.45, 7) is 2.92. The van der Waals surface area contributed by atoms with Gasteiger partial charge in [-0.25, -0.2) is 0 Å².